The molecule has 1 aliphatic carbocycles. The molecule has 0 heterocycles. The molecule has 2 amide bonds. The fraction of sp³-hybridized carbons (Fsp3) is 0.545. The van der Waals surface area contributed by atoms with Crippen LogP contribution in [-0.4, -0.2) is 53.1 Å². The van der Waals surface area contributed by atoms with Gasteiger partial charge in [0.15, 0.2) is 0 Å². The van der Waals surface area contributed by atoms with Crippen LogP contribution in [0.3, 0.4) is 0 Å². The molecule has 6 nitrogen and oxygen atoms in total. The minimum atomic E-state index is -0.561. The predicted octanol–water partition coefficient (Wildman–Crippen LogP) is 1.06. The lowest BCUT2D eigenvalue weighted by atomic mass is 9.97. The van der Waals surface area contributed by atoms with Gasteiger partial charge in [-0.05, 0) is 44.2 Å². The highest BCUT2D eigenvalue weighted by molar-refractivity contribution is 6.35. The van der Waals surface area contributed by atoms with E-state index in [4.69, 9.17) is 0 Å². The van der Waals surface area contributed by atoms with Gasteiger partial charge in [-0.1, -0.05) is 23.8 Å². The van der Waals surface area contributed by atoms with E-state index in [2.05, 4.69) is 60.0 Å². The van der Waals surface area contributed by atoms with Gasteiger partial charge in [0.05, 0.1) is 20.6 Å². The Bertz CT molecular complexity index is 680. The zero-order valence-electron chi connectivity index (χ0n) is 17.7. The number of benzene rings is 1. The molecule has 6 heteroatoms. The summed E-state index contributed by atoms with van der Waals surface area (Å²) in [5.41, 5.74) is 3.66. The Morgan fingerprint density at radius 2 is 1.75 bits per heavy atom. The van der Waals surface area contributed by atoms with E-state index in [0.29, 0.717) is 13.1 Å². The summed E-state index contributed by atoms with van der Waals surface area (Å²) in [6.07, 6.45) is 7.83. The van der Waals surface area contributed by atoms with E-state index in [1.807, 2.05) is 14.1 Å². The highest BCUT2D eigenvalue weighted by Crippen LogP contribution is 2.19. The van der Waals surface area contributed by atoms with Gasteiger partial charge < -0.3 is 20.4 Å². The summed E-state index contributed by atoms with van der Waals surface area (Å²) in [4.78, 5) is 27.5. The average Bonchev–Trinajstić information content (AvgIpc) is 2.68. The fourth-order valence-corrected chi connectivity index (χ4v) is 3.48. The monoisotopic (exact) mass is 387 g/mol. The third kappa shape index (κ3) is 6.68. The minimum Gasteiger partial charge on any atom is -0.378 e. The zero-order chi connectivity index (χ0) is 20.5. The van der Waals surface area contributed by atoms with Gasteiger partial charge in [-0.15, -0.1) is 0 Å². The standard InChI is InChI=1S/C22H34N4O2/c1-25(2)19-12-10-18(11-13-19)20(26(3)4)16-24-22(28)21(27)23-15-14-17-8-6-5-7-9-17/h8,10-13,20H,5-7,9,14-16H2,1-4H3,(H,23,27)(H,24,28)/p+1/t20-/m1/s1. The maximum absolute atomic E-state index is 12.2. The maximum Gasteiger partial charge on any atom is 0.309 e. The van der Waals surface area contributed by atoms with E-state index < -0.39 is 11.8 Å². The lowest BCUT2D eigenvalue weighted by Gasteiger charge is -2.23. The second-order valence-corrected chi connectivity index (χ2v) is 7.94. The highest BCUT2D eigenvalue weighted by Gasteiger charge is 2.21. The number of likely N-dealkylation sites (N-methyl/N-ethyl adjacent to an activating group) is 1. The van der Waals surface area contributed by atoms with E-state index in [0.717, 1.165) is 30.5 Å². The molecule has 0 saturated carbocycles. The van der Waals surface area contributed by atoms with Crippen LogP contribution in [0.1, 0.15) is 43.7 Å². The molecular formula is C22H35N4O2+. The normalized spacial score (nSPS) is 15.0. The van der Waals surface area contributed by atoms with Gasteiger partial charge in [0.2, 0.25) is 0 Å². The van der Waals surface area contributed by atoms with Crippen molar-refractivity contribution in [1.29, 1.82) is 0 Å². The minimum absolute atomic E-state index is 0.0837. The van der Waals surface area contributed by atoms with Crippen LogP contribution >= 0.6 is 0 Å². The van der Waals surface area contributed by atoms with Crippen molar-refractivity contribution in [1.82, 2.24) is 10.6 Å². The summed E-state index contributed by atoms with van der Waals surface area (Å²) in [5, 5.41) is 5.53. The highest BCUT2D eigenvalue weighted by atomic mass is 16.2. The van der Waals surface area contributed by atoms with E-state index >= 15 is 0 Å². The Hall–Kier alpha value is -2.34. The van der Waals surface area contributed by atoms with Gasteiger partial charge in [0.25, 0.3) is 0 Å². The first-order valence-corrected chi connectivity index (χ1v) is 10.2. The fourth-order valence-electron chi connectivity index (χ4n) is 3.48. The maximum atomic E-state index is 12.2. The Kier molecular flexibility index (Phi) is 8.51. The number of allylic oxidation sites excluding steroid dienone is 1. The number of quaternary nitrogens is 1. The number of amides is 2. The Balaban J connectivity index is 1.82. The van der Waals surface area contributed by atoms with Crippen molar-refractivity contribution >= 4 is 17.5 Å². The second kappa shape index (κ2) is 10.9. The van der Waals surface area contributed by atoms with E-state index in [1.165, 1.54) is 23.3 Å². The molecule has 2 rings (SSSR count). The Morgan fingerprint density at radius 3 is 2.32 bits per heavy atom. The van der Waals surface area contributed by atoms with Crippen molar-refractivity contribution in [2.45, 2.75) is 38.1 Å². The quantitative estimate of drug-likeness (QED) is 0.462. The van der Waals surface area contributed by atoms with Crippen LogP contribution < -0.4 is 20.4 Å². The molecule has 1 aromatic rings. The molecule has 3 N–H and O–H groups in total. The molecule has 1 aliphatic rings. The SMILES string of the molecule is CN(C)c1ccc([C@@H](CNC(=O)C(=O)NCCC2=CCCCC2)[NH+](C)C)cc1. The van der Waals surface area contributed by atoms with Crippen LogP contribution in [0.2, 0.25) is 0 Å². The summed E-state index contributed by atoms with van der Waals surface area (Å²) in [6, 6.07) is 8.38. The first kappa shape index (κ1) is 22.0. The van der Waals surface area contributed by atoms with E-state index in [1.54, 1.807) is 0 Å². The smallest absolute Gasteiger partial charge is 0.309 e. The summed E-state index contributed by atoms with van der Waals surface area (Å²) in [6.45, 7) is 0.938. The van der Waals surface area contributed by atoms with E-state index in [9.17, 15) is 9.59 Å². The van der Waals surface area contributed by atoms with Crippen molar-refractivity contribution in [3.8, 4) is 0 Å². The number of hydrogen-bond acceptors (Lipinski definition) is 3. The second-order valence-electron chi connectivity index (χ2n) is 7.94. The van der Waals surface area contributed by atoms with Crippen molar-refractivity contribution in [2.75, 3.05) is 46.2 Å². The van der Waals surface area contributed by atoms with Crippen molar-refractivity contribution < 1.29 is 14.5 Å². The molecule has 1 atom stereocenters. The first-order valence-electron chi connectivity index (χ1n) is 10.2. The zero-order valence-corrected chi connectivity index (χ0v) is 17.7. The molecule has 28 heavy (non-hydrogen) atoms. The Labute approximate surface area is 169 Å². The summed E-state index contributed by atoms with van der Waals surface area (Å²) in [5.74, 6) is -1.11. The third-order valence-corrected chi connectivity index (χ3v) is 5.30. The molecule has 0 bridgehead atoms. The lowest BCUT2D eigenvalue weighted by Crippen LogP contribution is -3.07. The summed E-state index contributed by atoms with van der Waals surface area (Å²) in [7, 11) is 8.12. The molecule has 1 aromatic carbocycles. The van der Waals surface area contributed by atoms with Crippen LogP contribution in [-0.2, 0) is 9.59 Å². The van der Waals surface area contributed by atoms with Crippen molar-refractivity contribution in [3.63, 3.8) is 0 Å². The Morgan fingerprint density at radius 1 is 1.07 bits per heavy atom. The van der Waals surface area contributed by atoms with Gasteiger partial charge in [-0.3, -0.25) is 9.59 Å². The van der Waals surface area contributed by atoms with Gasteiger partial charge in [-0.2, -0.15) is 0 Å². The molecule has 0 aromatic heterocycles. The predicted molar refractivity (Wildman–Crippen MR) is 114 cm³/mol. The van der Waals surface area contributed by atoms with Gasteiger partial charge in [0, 0.05) is 31.9 Å². The van der Waals surface area contributed by atoms with Gasteiger partial charge in [0.1, 0.15) is 6.04 Å². The number of nitrogens with one attached hydrogen (secondary N) is 3. The largest absolute Gasteiger partial charge is 0.378 e. The number of anilines is 1. The van der Waals surface area contributed by atoms with Crippen molar-refractivity contribution in [2.24, 2.45) is 0 Å². The average molecular weight is 388 g/mol. The molecule has 0 radical (unpaired) electrons. The molecular weight excluding hydrogens is 352 g/mol. The topological polar surface area (TPSA) is 65.9 Å². The number of hydrogen-bond donors (Lipinski definition) is 3. The number of carbonyl (C=O) groups excluding carboxylic acids is 2. The van der Waals surface area contributed by atoms with E-state index in [-0.39, 0.29) is 6.04 Å². The molecule has 0 saturated heterocycles. The van der Waals surface area contributed by atoms with Gasteiger partial charge >= 0.3 is 11.8 Å². The first-order chi connectivity index (χ1) is 13.4. The molecule has 0 spiro atoms. The summed E-state index contributed by atoms with van der Waals surface area (Å²) < 4.78 is 0. The molecule has 154 valence electrons. The lowest BCUT2D eigenvalue weighted by molar-refractivity contribution is -0.890. The van der Waals surface area contributed by atoms with Crippen LogP contribution in [0.4, 0.5) is 5.69 Å². The van der Waals surface area contributed by atoms with Crippen LogP contribution in [0.25, 0.3) is 0 Å². The third-order valence-electron chi connectivity index (χ3n) is 5.30. The van der Waals surface area contributed by atoms with Crippen molar-refractivity contribution in [3.05, 3.63) is 41.5 Å². The molecule has 0 aliphatic heterocycles. The number of rotatable bonds is 8. The number of carbonyl (C=O) groups is 2. The van der Waals surface area contributed by atoms with Crippen LogP contribution in [0, 0.1) is 0 Å². The molecule has 0 unspecified atom stereocenters. The summed E-state index contributed by atoms with van der Waals surface area (Å²) >= 11 is 0. The van der Waals surface area contributed by atoms with Crippen LogP contribution in [0.5, 0.6) is 0 Å². The van der Waals surface area contributed by atoms with Gasteiger partial charge in [-0.25, -0.2) is 0 Å². The molecule has 0 fully saturated rings. The number of nitrogens with zero attached hydrogens (tertiary/aromatic N) is 1. The van der Waals surface area contributed by atoms with Crippen LogP contribution in [0.15, 0.2) is 35.9 Å².